The van der Waals surface area contributed by atoms with E-state index in [1.165, 1.54) is 44.1 Å². The molecule has 2 heteroatoms. The molecule has 1 atom stereocenters. The summed E-state index contributed by atoms with van der Waals surface area (Å²) in [5.74, 6) is 1.64. The number of hydrogen-bond donors (Lipinski definition) is 1. The summed E-state index contributed by atoms with van der Waals surface area (Å²) >= 11 is 6.06. The number of benzene rings is 1. The minimum Gasteiger partial charge on any atom is -0.311 e. The van der Waals surface area contributed by atoms with Gasteiger partial charge in [0.05, 0.1) is 0 Å². The normalized spacial score (nSPS) is 29.2. The first kappa shape index (κ1) is 13.5. The van der Waals surface area contributed by atoms with Gasteiger partial charge in [-0.05, 0) is 62.1 Å². The van der Waals surface area contributed by atoms with E-state index in [2.05, 4.69) is 30.4 Å². The van der Waals surface area contributed by atoms with Crippen LogP contribution in [0, 0.1) is 5.92 Å². The molecule has 0 aliphatic heterocycles. The Labute approximate surface area is 121 Å². The molecule has 104 valence electrons. The van der Waals surface area contributed by atoms with Gasteiger partial charge in [0.2, 0.25) is 0 Å². The maximum absolute atomic E-state index is 6.06. The fraction of sp³-hybridized carbons (Fsp3) is 0.647. The summed E-state index contributed by atoms with van der Waals surface area (Å²) < 4.78 is 0. The van der Waals surface area contributed by atoms with E-state index in [1.54, 1.807) is 0 Å². The summed E-state index contributed by atoms with van der Waals surface area (Å²) in [5.41, 5.74) is 1.42. The molecule has 0 radical (unpaired) electrons. The van der Waals surface area contributed by atoms with Gasteiger partial charge in [0.25, 0.3) is 0 Å². The summed E-state index contributed by atoms with van der Waals surface area (Å²) in [6, 6.07) is 9.80. The zero-order chi connectivity index (χ0) is 13.2. The van der Waals surface area contributed by atoms with E-state index in [1.807, 2.05) is 6.07 Å². The highest BCUT2D eigenvalue weighted by Gasteiger charge is 2.32. The molecule has 0 spiro atoms. The van der Waals surface area contributed by atoms with Crippen LogP contribution < -0.4 is 5.32 Å². The van der Waals surface area contributed by atoms with Gasteiger partial charge in [0.15, 0.2) is 0 Å². The molecule has 0 aromatic heterocycles. The van der Waals surface area contributed by atoms with Crippen LogP contribution in [0.25, 0.3) is 0 Å². The van der Waals surface area contributed by atoms with Crippen LogP contribution >= 0.6 is 11.6 Å². The quantitative estimate of drug-likeness (QED) is 0.837. The standard InChI is InChI=1S/C17H24ClN/c1-12(13-5-2-3-6-13)19-17-10-15(11-17)14-7-4-8-16(18)9-14/h4,7-9,12-13,15,17,19H,2-3,5-6,10-11H2,1H3/t12-,15?,17?/m1/s1. The minimum absolute atomic E-state index is 0.702. The molecule has 1 nitrogen and oxygen atoms in total. The SMILES string of the molecule is C[C@@H](NC1CC(c2cccc(Cl)c2)C1)C1CCCC1. The molecular formula is C17H24ClN. The Morgan fingerprint density at radius 2 is 1.95 bits per heavy atom. The van der Waals surface area contributed by atoms with E-state index in [0.717, 1.165) is 17.0 Å². The smallest absolute Gasteiger partial charge is 0.0408 e. The van der Waals surface area contributed by atoms with Crippen molar-refractivity contribution in [3.63, 3.8) is 0 Å². The lowest BCUT2D eigenvalue weighted by Crippen LogP contribution is -2.46. The van der Waals surface area contributed by atoms with Crippen LogP contribution in [0.2, 0.25) is 5.02 Å². The molecule has 19 heavy (non-hydrogen) atoms. The molecule has 2 fully saturated rings. The van der Waals surface area contributed by atoms with Gasteiger partial charge in [-0.15, -0.1) is 0 Å². The van der Waals surface area contributed by atoms with Gasteiger partial charge in [0, 0.05) is 17.1 Å². The van der Waals surface area contributed by atoms with Crippen molar-refractivity contribution in [2.75, 3.05) is 0 Å². The van der Waals surface area contributed by atoms with E-state index < -0.39 is 0 Å². The summed E-state index contributed by atoms with van der Waals surface area (Å²) in [7, 11) is 0. The van der Waals surface area contributed by atoms with Crippen molar-refractivity contribution in [1.82, 2.24) is 5.32 Å². The number of nitrogens with one attached hydrogen (secondary N) is 1. The molecule has 0 amide bonds. The van der Waals surface area contributed by atoms with Crippen LogP contribution in [-0.4, -0.2) is 12.1 Å². The lowest BCUT2D eigenvalue weighted by molar-refractivity contribution is 0.239. The molecule has 1 N–H and O–H groups in total. The monoisotopic (exact) mass is 277 g/mol. The highest BCUT2D eigenvalue weighted by molar-refractivity contribution is 6.30. The summed E-state index contributed by atoms with van der Waals surface area (Å²) in [6.07, 6.45) is 8.28. The topological polar surface area (TPSA) is 12.0 Å². The average molecular weight is 278 g/mol. The Hall–Kier alpha value is -0.530. The second-order valence-electron chi connectivity index (χ2n) is 6.42. The number of rotatable bonds is 4. The summed E-state index contributed by atoms with van der Waals surface area (Å²) in [4.78, 5) is 0. The van der Waals surface area contributed by atoms with E-state index in [9.17, 15) is 0 Å². The van der Waals surface area contributed by atoms with Crippen LogP contribution in [0.4, 0.5) is 0 Å². The zero-order valence-corrected chi connectivity index (χ0v) is 12.5. The zero-order valence-electron chi connectivity index (χ0n) is 11.7. The predicted octanol–water partition coefficient (Wildman–Crippen LogP) is 4.75. The Balaban J connectivity index is 1.47. The van der Waals surface area contributed by atoms with Gasteiger partial charge >= 0.3 is 0 Å². The van der Waals surface area contributed by atoms with Crippen LogP contribution in [0.1, 0.15) is 56.9 Å². The first-order chi connectivity index (χ1) is 9.22. The Morgan fingerprint density at radius 3 is 2.63 bits per heavy atom. The van der Waals surface area contributed by atoms with Crippen molar-refractivity contribution < 1.29 is 0 Å². The maximum Gasteiger partial charge on any atom is 0.0408 e. The molecule has 1 aromatic carbocycles. The Morgan fingerprint density at radius 1 is 1.21 bits per heavy atom. The highest BCUT2D eigenvalue weighted by Crippen LogP contribution is 2.38. The van der Waals surface area contributed by atoms with E-state index in [0.29, 0.717) is 12.0 Å². The fourth-order valence-corrected chi connectivity index (χ4v) is 3.95. The third-order valence-corrected chi connectivity index (χ3v) is 5.30. The van der Waals surface area contributed by atoms with Gasteiger partial charge < -0.3 is 5.32 Å². The second kappa shape index (κ2) is 5.85. The largest absolute Gasteiger partial charge is 0.311 e. The molecule has 3 rings (SSSR count). The molecular weight excluding hydrogens is 254 g/mol. The van der Waals surface area contributed by atoms with Crippen molar-refractivity contribution in [2.45, 2.75) is 63.5 Å². The predicted molar refractivity (Wildman–Crippen MR) is 81.8 cm³/mol. The van der Waals surface area contributed by atoms with E-state index in [-0.39, 0.29) is 0 Å². The van der Waals surface area contributed by atoms with Crippen LogP contribution in [-0.2, 0) is 0 Å². The third-order valence-electron chi connectivity index (χ3n) is 5.06. The van der Waals surface area contributed by atoms with Gasteiger partial charge in [-0.2, -0.15) is 0 Å². The van der Waals surface area contributed by atoms with Crippen LogP contribution in [0.5, 0.6) is 0 Å². The number of halogens is 1. The molecule has 2 saturated carbocycles. The molecule has 2 aliphatic carbocycles. The second-order valence-corrected chi connectivity index (χ2v) is 6.86. The molecule has 2 aliphatic rings. The first-order valence-electron chi connectivity index (χ1n) is 7.74. The first-order valence-corrected chi connectivity index (χ1v) is 8.11. The minimum atomic E-state index is 0.702. The molecule has 0 heterocycles. The van der Waals surface area contributed by atoms with E-state index in [4.69, 9.17) is 11.6 Å². The van der Waals surface area contributed by atoms with Crippen molar-refractivity contribution >= 4 is 11.6 Å². The maximum atomic E-state index is 6.06. The highest BCUT2D eigenvalue weighted by atomic mass is 35.5. The van der Waals surface area contributed by atoms with Gasteiger partial charge in [-0.25, -0.2) is 0 Å². The Kier molecular flexibility index (Phi) is 4.14. The van der Waals surface area contributed by atoms with Crippen molar-refractivity contribution in [3.8, 4) is 0 Å². The fourth-order valence-electron chi connectivity index (χ4n) is 3.75. The van der Waals surface area contributed by atoms with Crippen LogP contribution in [0.3, 0.4) is 0 Å². The summed E-state index contributed by atoms with van der Waals surface area (Å²) in [6.45, 7) is 2.38. The lowest BCUT2D eigenvalue weighted by atomic mass is 9.75. The van der Waals surface area contributed by atoms with Crippen molar-refractivity contribution in [1.29, 1.82) is 0 Å². The molecule has 0 saturated heterocycles. The lowest BCUT2D eigenvalue weighted by Gasteiger charge is -2.39. The van der Waals surface area contributed by atoms with Gasteiger partial charge in [-0.3, -0.25) is 0 Å². The van der Waals surface area contributed by atoms with Gasteiger partial charge in [-0.1, -0.05) is 36.6 Å². The molecule has 1 aromatic rings. The van der Waals surface area contributed by atoms with Gasteiger partial charge in [0.1, 0.15) is 0 Å². The summed E-state index contributed by atoms with van der Waals surface area (Å²) in [5, 5.41) is 4.71. The third kappa shape index (κ3) is 3.14. The molecule has 0 bridgehead atoms. The van der Waals surface area contributed by atoms with E-state index >= 15 is 0 Å². The van der Waals surface area contributed by atoms with Crippen molar-refractivity contribution in [3.05, 3.63) is 34.9 Å². The molecule has 0 unspecified atom stereocenters. The van der Waals surface area contributed by atoms with Crippen molar-refractivity contribution in [2.24, 2.45) is 5.92 Å². The average Bonchev–Trinajstić information content (AvgIpc) is 2.86. The Bertz CT molecular complexity index is 419. The number of hydrogen-bond acceptors (Lipinski definition) is 1. The van der Waals surface area contributed by atoms with Crippen LogP contribution in [0.15, 0.2) is 24.3 Å².